The van der Waals surface area contributed by atoms with E-state index in [9.17, 15) is 4.79 Å². The molecule has 2 amide bonds. The number of nitrogens with one attached hydrogen (secondary N) is 2. The summed E-state index contributed by atoms with van der Waals surface area (Å²) in [6.45, 7) is 2.51. The van der Waals surface area contributed by atoms with Crippen LogP contribution in [-0.4, -0.2) is 25.8 Å². The Hall–Kier alpha value is -1.49. The Kier molecular flexibility index (Phi) is 3.68. The van der Waals surface area contributed by atoms with E-state index in [1.54, 1.807) is 19.4 Å². The molecule has 5 heteroatoms. The summed E-state index contributed by atoms with van der Waals surface area (Å²) in [6.07, 6.45) is 2.64. The highest BCUT2D eigenvalue weighted by Crippen LogP contribution is 2.28. The molecule has 5 nitrogen and oxygen atoms in total. The summed E-state index contributed by atoms with van der Waals surface area (Å²) in [6, 6.07) is 3.52. The molecular formula is C12H18N2O3. The van der Waals surface area contributed by atoms with Crippen LogP contribution in [0.4, 0.5) is 4.79 Å². The van der Waals surface area contributed by atoms with Gasteiger partial charge in [0.05, 0.1) is 12.9 Å². The predicted octanol–water partition coefficient (Wildman–Crippen LogP) is 1.67. The lowest BCUT2D eigenvalue weighted by atomic mass is 10.2. The molecule has 1 aliphatic carbocycles. The summed E-state index contributed by atoms with van der Waals surface area (Å²) < 4.78 is 10.3. The fourth-order valence-electron chi connectivity index (χ4n) is 1.74. The third-order valence-electron chi connectivity index (χ3n) is 2.95. The van der Waals surface area contributed by atoms with Gasteiger partial charge < -0.3 is 19.8 Å². The molecule has 1 heterocycles. The van der Waals surface area contributed by atoms with Crippen LogP contribution in [0.15, 0.2) is 22.8 Å². The summed E-state index contributed by atoms with van der Waals surface area (Å²) in [4.78, 5) is 11.7. The summed E-state index contributed by atoms with van der Waals surface area (Å²) in [5.41, 5.74) is 0. The van der Waals surface area contributed by atoms with E-state index in [1.165, 1.54) is 0 Å². The summed E-state index contributed by atoms with van der Waals surface area (Å²) in [5, 5.41) is 5.75. The van der Waals surface area contributed by atoms with Gasteiger partial charge in [0.1, 0.15) is 11.8 Å². The van der Waals surface area contributed by atoms with Crippen molar-refractivity contribution in [1.82, 2.24) is 10.6 Å². The lowest BCUT2D eigenvalue weighted by Crippen LogP contribution is -2.40. The molecule has 1 aromatic heterocycles. The van der Waals surface area contributed by atoms with Gasteiger partial charge >= 0.3 is 6.03 Å². The fourth-order valence-corrected chi connectivity index (χ4v) is 1.74. The highest BCUT2D eigenvalue weighted by molar-refractivity contribution is 5.75. The maximum Gasteiger partial charge on any atom is 0.315 e. The number of hydrogen-bond acceptors (Lipinski definition) is 3. The molecule has 1 saturated carbocycles. The largest absolute Gasteiger partial charge is 0.467 e. The third kappa shape index (κ3) is 3.23. The normalized spacial score (nSPS) is 24.1. The average molecular weight is 238 g/mol. The predicted molar refractivity (Wildman–Crippen MR) is 62.6 cm³/mol. The Morgan fingerprint density at radius 2 is 2.47 bits per heavy atom. The minimum Gasteiger partial charge on any atom is -0.467 e. The van der Waals surface area contributed by atoms with E-state index in [0.717, 1.165) is 6.42 Å². The van der Waals surface area contributed by atoms with Crippen molar-refractivity contribution in [2.24, 2.45) is 5.92 Å². The van der Waals surface area contributed by atoms with Gasteiger partial charge in [-0.05, 0) is 24.5 Å². The number of ether oxygens (including phenoxy) is 1. The maximum atomic E-state index is 11.7. The van der Waals surface area contributed by atoms with Crippen molar-refractivity contribution in [1.29, 1.82) is 0 Å². The van der Waals surface area contributed by atoms with Crippen LogP contribution in [-0.2, 0) is 4.74 Å². The number of methoxy groups -OCH3 is 1. The van der Waals surface area contributed by atoms with Gasteiger partial charge in [-0.3, -0.25) is 0 Å². The molecule has 2 N–H and O–H groups in total. The van der Waals surface area contributed by atoms with Gasteiger partial charge in [-0.1, -0.05) is 6.92 Å². The zero-order chi connectivity index (χ0) is 12.3. The second-order valence-electron chi connectivity index (χ2n) is 4.46. The van der Waals surface area contributed by atoms with Gasteiger partial charge in [-0.25, -0.2) is 4.79 Å². The number of carbonyl (C=O) groups excluding carboxylic acids is 1. The van der Waals surface area contributed by atoms with Gasteiger partial charge in [-0.2, -0.15) is 0 Å². The highest BCUT2D eigenvalue weighted by Gasteiger charge is 2.34. The maximum absolute atomic E-state index is 11.7. The molecular weight excluding hydrogens is 220 g/mol. The molecule has 0 saturated heterocycles. The van der Waals surface area contributed by atoms with Crippen LogP contribution in [0, 0.1) is 5.92 Å². The van der Waals surface area contributed by atoms with E-state index < -0.39 is 0 Å². The second kappa shape index (κ2) is 5.23. The molecule has 94 valence electrons. The average Bonchev–Trinajstić information content (AvgIpc) is 2.82. The van der Waals surface area contributed by atoms with Crippen molar-refractivity contribution < 1.29 is 13.9 Å². The first-order valence-electron chi connectivity index (χ1n) is 5.80. The summed E-state index contributed by atoms with van der Waals surface area (Å²) >= 11 is 0. The van der Waals surface area contributed by atoms with E-state index >= 15 is 0 Å². The molecule has 0 aromatic carbocycles. The Labute approximate surface area is 101 Å². The molecule has 3 atom stereocenters. The number of amides is 2. The summed E-state index contributed by atoms with van der Waals surface area (Å²) in [5.74, 6) is 1.29. The number of rotatable bonds is 5. The number of furan rings is 1. The molecule has 0 spiro atoms. The highest BCUT2D eigenvalue weighted by atomic mass is 16.5. The van der Waals surface area contributed by atoms with E-state index in [0.29, 0.717) is 24.3 Å². The van der Waals surface area contributed by atoms with Crippen LogP contribution in [0.1, 0.15) is 25.1 Å². The number of carbonyl (C=O) groups is 1. The van der Waals surface area contributed by atoms with Crippen LogP contribution in [0.25, 0.3) is 0 Å². The smallest absolute Gasteiger partial charge is 0.315 e. The number of urea groups is 1. The zero-order valence-electron chi connectivity index (χ0n) is 10.1. The second-order valence-corrected chi connectivity index (χ2v) is 4.46. The summed E-state index contributed by atoms with van der Waals surface area (Å²) in [7, 11) is 1.60. The monoisotopic (exact) mass is 238 g/mol. The molecule has 0 bridgehead atoms. The van der Waals surface area contributed by atoms with E-state index in [1.807, 2.05) is 6.07 Å². The van der Waals surface area contributed by atoms with E-state index in [4.69, 9.17) is 9.15 Å². The molecule has 0 unspecified atom stereocenters. The van der Waals surface area contributed by atoms with Crippen molar-refractivity contribution in [2.75, 3.05) is 13.7 Å². The molecule has 1 fully saturated rings. The molecule has 2 rings (SSSR count). The number of hydrogen-bond donors (Lipinski definition) is 2. The van der Waals surface area contributed by atoms with Crippen LogP contribution in [0.5, 0.6) is 0 Å². The molecule has 1 aliphatic rings. The minimum atomic E-state index is -0.246. The van der Waals surface area contributed by atoms with Crippen LogP contribution >= 0.6 is 0 Å². The lowest BCUT2D eigenvalue weighted by molar-refractivity contribution is 0.157. The SMILES string of the molecule is COC[C@H](NC(=O)N[C@@H]1C[C@@H]1C)c1ccco1. The van der Waals surface area contributed by atoms with Crippen LogP contribution < -0.4 is 10.6 Å². The molecule has 0 radical (unpaired) electrons. The quantitative estimate of drug-likeness (QED) is 0.820. The van der Waals surface area contributed by atoms with Crippen molar-refractivity contribution in [3.63, 3.8) is 0 Å². The first-order chi connectivity index (χ1) is 8.20. The van der Waals surface area contributed by atoms with E-state index in [-0.39, 0.29) is 12.1 Å². The van der Waals surface area contributed by atoms with Gasteiger partial charge in [0.15, 0.2) is 0 Å². The van der Waals surface area contributed by atoms with Crippen molar-refractivity contribution >= 4 is 6.03 Å². The standard InChI is InChI=1S/C12H18N2O3/c1-8-6-9(8)13-12(15)14-10(7-16-2)11-4-3-5-17-11/h3-5,8-10H,6-7H2,1-2H3,(H2,13,14,15)/t8-,9+,10-/m0/s1. The van der Waals surface area contributed by atoms with Gasteiger partial charge in [-0.15, -0.1) is 0 Å². The zero-order valence-corrected chi connectivity index (χ0v) is 10.1. The Balaban J connectivity index is 1.86. The lowest BCUT2D eigenvalue weighted by Gasteiger charge is -2.16. The van der Waals surface area contributed by atoms with Gasteiger partial charge in [0.25, 0.3) is 0 Å². The first-order valence-corrected chi connectivity index (χ1v) is 5.80. The Morgan fingerprint density at radius 3 is 3.00 bits per heavy atom. The Morgan fingerprint density at radius 1 is 1.71 bits per heavy atom. The van der Waals surface area contributed by atoms with Crippen molar-refractivity contribution in [3.05, 3.63) is 24.2 Å². The Bertz CT molecular complexity index is 364. The topological polar surface area (TPSA) is 63.5 Å². The van der Waals surface area contributed by atoms with Gasteiger partial charge in [0.2, 0.25) is 0 Å². The molecule has 17 heavy (non-hydrogen) atoms. The van der Waals surface area contributed by atoms with Crippen LogP contribution in [0.3, 0.4) is 0 Å². The van der Waals surface area contributed by atoms with Crippen LogP contribution in [0.2, 0.25) is 0 Å². The first kappa shape index (κ1) is 12.0. The fraction of sp³-hybridized carbons (Fsp3) is 0.583. The minimum absolute atomic E-state index is 0.169. The van der Waals surface area contributed by atoms with Crippen molar-refractivity contribution in [2.45, 2.75) is 25.4 Å². The van der Waals surface area contributed by atoms with E-state index in [2.05, 4.69) is 17.6 Å². The third-order valence-corrected chi connectivity index (χ3v) is 2.95. The van der Waals surface area contributed by atoms with Gasteiger partial charge in [0, 0.05) is 13.2 Å². The molecule has 0 aliphatic heterocycles. The molecule has 1 aromatic rings. The van der Waals surface area contributed by atoms with Crippen molar-refractivity contribution in [3.8, 4) is 0 Å².